The van der Waals surface area contributed by atoms with Crippen LogP contribution in [0.25, 0.3) is 0 Å². The Bertz CT molecular complexity index is 152. The van der Waals surface area contributed by atoms with Gasteiger partial charge in [0.25, 0.3) is 0 Å². The van der Waals surface area contributed by atoms with Gasteiger partial charge in [-0.05, 0) is 6.42 Å². The fourth-order valence-corrected chi connectivity index (χ4v) is 3.37. The molecule has 0 aliphatic carbocycles. The molecular formula is C11H26O2Si2. The Morgan fingerprint density at radius 2 is 1.60 bits per heavy atom. The van der Waals surface area contributed by atoms with Crippen molar-refractivity contribution in [1.29, 1.82) is 0 Å². The topological polar surface area (TPSA) is 26.3 Å². The molecule has 0 aromatic heterocycles. The zero-order valence-electron chi connectivity index (χ0n) is 10.4. The normalized spacial score (nSPS) is 11.5. The van der Waals surface area contributed by atoms with E-state index in [0.29, 0.717) is 5.41 Å². The second-order valence-corrected chi connectivity index (χ2v) is 7.58. The lowest BCUT2D eigenvalue weighted by Gasteiger charge is -2.01. The van der Waals surface area contributed by atoms with Crippen molar-refractivity contribution in [2.75, 3.05) is 0 Å². The van der Waals surface area contributed by atoms with Crippen LogP contribution in [0, 0.1) is 0 Å². The van der Waals surface area contributed by atoms with Gasteiger partial charge in [-0.1, -0.05) is 51.9 Å². The zero-order chi connectivity index (χ0) is 11.4. The lowest BCUT2D eigenvalue weighted by Crippen LogP contribution is -2.10. The van der Waals surface area contributed by atoms with E-state index in [1.54, 1.807) is 0 Å². The SMILES string of the molecule is CCCCCCCCCCC(=O)[SiH2]O[SiH3]. The molecule has 0 aliphatic heterocycles. The van der Waals surface area contributed by atoms with Crippen LogP contribution < -0.4 is 0 Å². The Morgan fingerprint density at radius 1 is 1.07 bits per heavy atom. The van der Waals surface area contributed by atoms with Gasteiger partial charge >= 0.3 is 0 Å². The summed E-state index contributed by atoms with van der Waals surface area (Å²) in [4.78, 5) is 11.2. The van der Waals surface area contributed by atoms with Gasteiger partial charge in [0.15, 0.2) is 0 Å². The van der Waals surface area contributed by atoms with Crippen molar-refractivity contribution in [2.45, 2.75) is 64.7 Å². The van der Waals surface area contributed by atoms with E-state index >= 15 is 0 Å². The molecule has 0 unspecified atom stereocenters. The maximum atomic E-state index is 11.2. The second kappa shape index (κ2) is 12.1. The number of hydrogen-bond acceptors (Lipinski definition) is 2. The van der Waals surface area contributed by atoms with Gasteiger partial charge in [-0.2, -0.15) is 0 Å². The average molecular weight is 246 g/mol. The van der Waals surface area contributed by atoms with Crippen molar-refractivity contribution in [3.05, 3.63) is 0 Å². The van der Waals surface area contributed by atoms with Crippen LogP contribution in [-0.2, 0) is 8.91 Å². The first-order chi connectivity index (χ1) is 7.31. The standard InChI is InChI=1S/C11H26O2Si2/c1-2-3-4-5-6-7-8-9-10-11(12)15-13-14/h2-10,15H2,1,14H3. The van der Waals surface area contributed by atoms with Crippen molar-refractivity contribution >= 4 is 25.7 Å². The van der Waals surface area contributed by atoms with Crippen LogP contribution in [0.1, 0.15) is 64.7 Å². The highest BCUT2D eigenvalue weighted by atomic mass is 28.3. The monoisotopic (exact) mass is 246 g/mol. The molecule has 0 fully saturated rings. The van der Waals surface area contributed by atoms with Crippen molar-refractivity contribution in [2.24, 2.45) is 0 Å². The van der Waals surface area contributed by atoms with Gasteiger partial charge in [0, 0.05) is 6.42 Å². The van der Waals surface area contributed by atoms with Gasteiger partial charge in [-0.15, -0.1) is 0 Å². The summed E-state index contributed by atoms with van der Waals surface area (Å²) in [5.41, 5.74) is 0. The summed E-state index contributed by atoms with van der Waals surface area (Å²) >= 11 is 0. The quantitative estimate of drug-likeness (QED) is 0.407. The molecule has 0 aliphatic rings. The highest BCUT2D eigenvalue weighted by Crippen LogP contribution is 2.09. The summed E-state index contributed by atoms with van der Waals surface area (Å²) < 4.78 is 5.05. The number of hydrogen-bond donors (Lipinski definition) is 0. The Balaban J connectivity index is 3.01. The van der Waals surface area contributed by atoms with Crippen LogP contribution in [0.5, 0.6) is 0 Å². The molecule has 0 rings (SSSR count). The first kappa shape index (κ1) is 15.1. The van der Waals surface area contributed by atoms with Crippen LogP contribution in [0.15, 0.2) is 0 Å². The molecule has 2 nitrogen and oxygen atoms in total. The zero-order valence-corrected chi connectivity index (χ0v) is 13.8. The largest absolute Gasteiger partial charge is 0.463 e. The summed E-state index contributed by atoms with van der Waals surface area (Å²) in [5.74, 6) is 0. The molecule has 90 valence electrons. The summed E-state index contributed by atoms with van der Waals surface area (Å²) in [5, 5.41) is 0.413. The minimum Gasteiger partial charge on any atom is -0.463 e. The van der Waals surface area contributed by atoms with Gasteiger partial charge in [0.1, 0.15) is 15.9 Å². The molecular weight excluding hydrogens is 220 g/mol. The minimum absolute atomic E-state index is 0.413. The third-order valence-electron chi connectivity index (χ3n) is 2.61. The number of carbonyl (C=O) groups excluding carboxylic acids is 1. The highest BCUT2D eigenvalue weighted by molar-refractivity contribution is 6.70. The van der Waals surface area contributed by atoms with Crippen molar-refractivity contribution < 1.29 is 8.91 Å². The predicted molar refractivity (Wildman–Crippen MR) is 71.8 cm³/mol. The lowest BCUT2D eigenvalue weighted by molar-refractivity contribution is -0.112. The summed E-state index contributed by atoms with van der Waals surface area (Å²) in [6, 6.07) is 0. The Morgan fingerprint density at radius 3 is 2.13 bits per heavy atom. The Hall–Kier alpha value is 0.0638. The summed E-state index contributed by atoms with van der Waals surface area (Å²) in [7, 11) is -0.0429. The Labute approximate surface area is 99.7 Å². The number of unbranched alkanes of at least 4 members (excludes halogenated alkanes) is 7. The van der Waals surface area contributed by atoms with E-state index in [4.69, 9.17) is 4.12 Å². The molecule has 0 aromatic rings. The van der Waals surface area contributed by atoms with E-state index < -0.39 is 9.76 Å². The predicted octanol–water partition coefficient (Wildman–Crippen LogP) is 1.42. The number of carbonyl (C=O) groups is 1. The van der Waals surface area contributed by atoms with E-state index in [1.807, 2.05) is 0 Å². The van der Waals surface area contributed by atoms with E-state index in [1.165, 1.54) is 44.9 Å². The van der Waals surface area contributed by atoms with Gasteiger partial charge < -0.3 is 8.91 Å². The molecule has 0 spiro atoms. The Kier molecular flexibility index (Phi) is 12.2. The van der Waals surface area contributed by atoms with Crippen LogP contribution in [0.4, 0.5) is 0 Å². The smallest absolute Gasteiger partial charge is 0.221 e. The van der Waals surface area contributed by atoms with E-state index in [9.17, 15) is 4.79 Å². The van der Waals surface area contributed by atoms with Gasteiger partial charge in [0.05, 0.1) is 0 Å². The van der Waals surface area contributed by atoms with Crippen LogP contribution in [0.3, 0.4) is 0 Å². The fourth-order valence-electron chi connectivity index (χ4n) is 1.69. The second-order valence-electron chi connectivity index (χ2n) is 4.20. The molecule has 0 aromatic carbocycles. The van der Waals surface area contributed by atoms with E-state index in [0.717, 1.165) is 23.3 Å². The molecule has 0 bridgehead atoms. The molecule has 0 heterocycles. The summed E-state index contributed by atoms with van der Waals surface area (Å²) in [6.45, 7) is 2.24. The fraction of sp³-hybridized carbons (Fsp3) is 0.909. The van der Waals surface area contributed by atoms with Crippen molar-refractivity contribution in [1.82, 2.24) is 0 Å². The first-order valence-electron chi connectivity index (χ1n) is 6.32. The maximum absolute atomic E-state index is 11.2. The van der Waals surface area contributed by atoms with Crippen molar-refractivity contribution in [3.63, 3.8) is 0 Å². The maximum Gasteiger partial charge on any atom is 0.221 e. The first-order valence-corrected chi connectivity index (χ1v) is 8.42. The highest BCUT2D eigenvalue weighted by Gasteiger charge is 2.00. The van der Waals surface area contributed by atoms with Crippen molar-refractivity contribution in [3.8, 4) is 0 Å². The van der Waals surface area contributed by atoms with Gasteiger partial charge in [0.2, 0.25) is 9.76 Å². The van der Waals surface area contributed by atoms with Crippen LogP contribution in [0.2, 0.25) is 0 Å². The summed E-state index contributed by atoms with van der Waals surface area (Å²) in [6.07, 6.45) is 11.2. The van der Waals surface area contributed by atoms with Crippen LogP contribution >= 0.6 is 0 Å². The van der Waals surface area contributed by atoms with Gasteiger partial charge in [-0.25, -0.2) is 0 Å². The van der Waals surface area contributed by atoms with E-state index in [2.05, 4.69) is 6.92 Å². The van der Waals surface area contributed by atoms with Crippen LogP contribution in [-0.4, -0.2) is 25.7 Å². The molecule has 0 amide bonds. The van der Waals surface area contributed by atoms with Gasteiger partial charge in [-0.3, -0.25) is 0 Å². The molecule has 0 atom stereocenters. The number of rotatable bonds is 11. The minimum atomic E-state index is -0.782. The molecule has 4 heteroatoms. The van der Waals surface area contributed by atoms with E-state index in [-0.39, 0.29) is 0 Å². The molecule has 0 saturated heterocycles. The molecule has 0 saturated carbocycles. The molecule has 0 N–H and O–H groups in total. The molecule has 0 radical (unpaired) electrons. The third kappa shape index (κ3) is 12.0. The average Bonchev–Trinajstić information content (AvgIpc) is 2.22. The third-order valence-corrected chi connectivity index (χ3v) is 4.44. The molecule has 15 heavy (non-hydrogen) atoms. The lowest BCUT2D eigenvalue weighted by atomic mass is 10.1.